The molecule has 128 valence electrons. The van der Waals surface area contributed by atoms with Gasteiger partial charge in [-0.2, -0.15) is 0 Å². The Kier molecular flexibility index (Phi) is 5.47. The summed E-state index contributed by atoms with van der Waals surface area (Å²) in [6, 6.07) is 17.0. The van der Waals surface area contributed by atoms with Gasteiger partial charge in [-0.25, -0.2) is 0 Å². The number of benzene rings is 2. The minimum Gasteiger partial charge on any atom is -0.461 e. The zero-order chi connectivity index (χ0) is 17.8. The molecular formula is C20H17Cl2NO2. The fourth-order valence-electron chi connectivity index (χ4n) is 2.56. The quantitative estimate of drug-likeness (QED) is 0.638. The highest BCUT2D eigenvalue weighted by Gasteiger charge is 2.16. The SMILES string of the molecule is Cc1oc(-c2ccc(Cl)c(Cl)c2)cc1C(=O)NCCc1ccccc1. The van der Waals surface area contributed by atoms with Gasteiger partial charge in [0.1, 0.15) is 11.5 Å². The standard InChI is InChI=1S/C20H17Cl2NO2/c1-13-16(20(24)23-10-9-14-5-3-2-4-6-14)12-19(25-13)15-7-8-17(21)18(22)11-15/h2-8,11-12H,9-10H2,1H3,(H,23,24). The fourth-order valence-corrected chi connectivity index (χ4v) is 2.86. The molecule has 0 saturated heterocycles. The molecule has 0 atom stereocenters. The molecule has 1 aromatic heterocycles. The van der Waals surface area contributed by atoms with Crippen molar-refractivity contribution in [3.05, 3.63) is 81.5 Å². The van der Waals surface area contributed by atoms with E-state index in [0.29, 0.717) is 33.7 Å². The van der Waals surface area contributed by atoms with Crippen LogP contribution in [0.3, 0.4) is 0 Å². The lowest BCUT2D eigenvalue weighted by Crippen LogP contribution is -2.25. The molecule has 0 unspecified atom stereocenters. The summed E-state index contributed by atoms with van der Waals surface area (Å²) < 4.78 is 5.72. The van der Waals surface area contributed by atoms with Gasteiger partial charge in [0.2, 0.25) is 0 Å². The number of halogens is 2. The fraction of sp³-hybridized carbons (Fsp3) is 0.150. The van der Waals surface area contributed by atoms with Gasteiger partial charge < -0.3 is 9.73 Å². The van der Waals surface area contributed by atoms with Crippen molar-refractivity contribution in [3.63, 3.8) is 0 Å². The molecule has 2 aromatic carbocycles. The highest BCUT2D eigenvalue weighted by atomic mass is 35.5. The Balaban J connectivity index is 1.69. The minimum absolute atomic E-state index is 0.150. The van der Waals surface area contributed by atoms with E-state index >= 15 is 0 Å². The van der Waals surface area contributed by atoms with Crippen LogP contribution >= 0.6 is 23.2 Å². The van der Waals surface area contributed by atoms with Crippen molar-refractivity contribution in [1.29, 1.82) is 0 Å². The van der Waals surface area contributed by atoms with E-state index in [1.54, 1.807) is 25.1 Å². The zero-order valence-corrected chi connectivity index (χ0v) is 15.2. The molecule has 0 bridgehead atoms. The second-order valence-electron chi connectivity index (χ2n) is 5.70. The second-order valence-corrected chi connectivity index (χ2v) is 6.52. The Hall–Kier alpha value is -2.23. The van der Waals surface area contributed by atoms with Gasteiger partial charge in [-0.1, -0.05) is 53.5 Å². The Morgan fingerprint density at radius 3 is 2.52 bits per heavy atom. The van der Waals surface area contributed by atoms with Gasteiger partial charge in [0.05, 0.1) is 15.6 Å². The molecule has 0 radical (unpaired) electrons. The maximum atomic E-state index is 12.4. The lowest BCUT2D eigenvalue weighted by atomic mass is 10.1. The number of nitrogens with one attached hydrogen (secondary N) is 1. The van der Waals surface area contributed by atoms with E-state index in [4.69, 9.17) is 27.6 Å². The van der Waals surface area contributed by atoms with Crippen molar-refractivity contribution in [2.24, 2.45) is 0 Å². The summed E-state index contributed by atoms with van der Waals surface area (Å²) in [6.45, 7) is 2.34. The lowest BCUT2D eigenvalue weighted by molar-refractivity contribution is 0.0952. The van der Waals surface area contributed by atoms with Gasteiger partial charge in [-0.15, -0.1) is 0 Å². The van der Waals surface area contributed by atoms with Crippen LogP contribution in [0.15, 0.2) is 59.0 Å². The smallest absolute Gasteiger partial charge is 0.254 e. The number of amides is 1. The molecule has 1 heterocycles. The van der Waals surface area contributed by atoms with Crippen LogP contribution in [-0.4, -0.2) is 12.5 Å². The number of furan rings is 1. The Labute approximate surface area is 156 Å². The van der Waals surface area contributed by atoms with Crippen molar-refractivity contribution >= 4 is 29.1 Å². The maximum Gasteiger partial charge on any atom is 0.254 e. The van der Waals surface area contributed by atoms with Crippen molar-refractivity contribution in [2.45, 2.75) is 13.3 Å². The number of carbonyl (C=O) groups is 1. The summed E-state index contributed by atoms with van der Waals surface area (Å²) in [7, 11) is 0. The summed E-state index contributed by atoms with van der Waals surface area (Å²) in [6.07, 6.45) is 0.781. The normalized spacial score (nSPS) is 10.7. The third-order valence-electron chi connectivity index (χ3n) is 3.91. The van der Waals surface area contributed by atoms with E-state index in [1.165, 1.54) is 5.56 Å². The summed E-state index contributed by atoms with van der Waals surface area (Å²) in [5, 5.41) is 3.85. The molecule has 0 saturated carbocycles. The van der Waals surface area contributed by atoms with Crippen molar-refractivity contribution in [2.75, 3.05) is 6.54 Å². The van der Waals surface area contributed by atoms with E-state index in [-0.39, 0.29) is 5.91 Å². The summed E-state index contributed by atoms with van der Waals surface area (Å²) in [5.41, 5.74) is 2.48. The second kappa shape index (κ2) is 7.77. The summed E-state index contributed by atoms with van der Waals surface area (Å²) >= 11 is 12.0. The number of aryl methyl sites for hydroxylation is 1. The highest BCUT2D eigenvalue weighted by Crippen LogP contribution is 2.31. The average molecular weight is 374 g/mol. The van der Waals surface area contributed by atoms with Crippen LogP contribution in [0.4, 0.5) is 0 Å². The molecule has 3 nitrogen and oxygen atoms in total. The third-order valence-corrected chi connectivity index (χ3v) is 4.65. The van der Waals surface area contributed by atoms with Crippen LogP contribution in [0.2, 0.25) is 10.0 Å². The van der Waals surface area contributed by atoms with Crippen LogP contribution in [-0.2, 0) is 6.42 Å². The van der Waals surface area contributed by atoms with E-state index in [2.05, 4.69) is 5.32 Å². The van der Waals surface area contributed by atoms with Crippen LogP contribution in [0.1, 0.15) is 21.7 Å². The number of hydrogen-bond donors (Lipinski definition) is 1. The van der Waals surface area contributed by atoms with Crippen molar-refractivity contribution < 1.29 is 9.21 Å². The number of carbonyl (C=O) groups excluding carboxylic acids is 1. The minimum atomic E-state index is -0.150. The van der Waals surface area contributed by atoms with Crippen LogP contribution in [0, 0.1) is 6.92 Å². The van der Waals surface area contributed by atoms with Gasteiger partial charge in [0, 0.05) is 12.1 Å². The third kappa shape index (κ3) is 4.25. The van der Waals surface area contributed by atoms with E-state index in [1.807, 2.05) is 36.4 Å². The molecule has 0 aliphatic rings. The van der Waals surface area contributed by atoms with Crippen LogP contribution in [0.5, 0.6) is 0 Å². The Morgan fingerprint density at radius 2 is 1.80 bits per heavy atom. The largest absolute Gasteiger partial charge is 0.461 e. The van der Waals surface area contributed by atoms with Crippen molar-refractivity contribution in [3.8, 4) is 11.3 Å². The predicted octanol–water partition coefficient (Wildman–Crippen LogP) is 5.53. The average Bonchev–Trinajstić information content (AvgIpc) is 3.00. The topological polar surface area (TPSA) is 42.2 Å². The molecule has 0 spiro atoms. The number of rotatable bonds is 5. The Morgan fingerprint density at radius 1 is 1.04 bits per heavy atom. The van der Waals surface area contributed by atoms with Crippen molar-refractivity contribution in [1.82, 2.24) is 5.32 Å². The van der Waals surface area contributed by atoms with Gasteiger partial charge in [-0.05, 0) is 43.2 Å². The molecule has 1 N–H and O–H groups in total. The van der Waals surface area contributed by atoms with Crippen LogP contribution < -0.4 is 5.32 Å². The van der Waals surface area contributed by atoms with E-state index in [0.717, 1.165) is 12.0 Å². The first kappa shape index (κ1) is 17.6. The Bertz CT molecular complexity index is 888. The first-order chi connectivity index (χ1) is 12.0. The molecular weight excluding hydrogens is 357 g/mol. The first-order valence-corrected chi connectivity index (χ1v) is 8.68. The van der Waals surface area contributed by atoms with E-state index in [9.17, 15) is 4.79 Å². The maximum absolute atomic E-state index is 12.4. The van der Waals surface area contributed by atoms with Gasteiger partial charge in [0.25, 0.3) is 5.91 Å². The zero-order valence-electron chi connectivity index (χ0n) is 13.7. The molecule has 5 heteroatoms. The summed E-state index contributed by atoms with van der Waals surface area (Å²) in [4.78, 5) is 12.4. The monoisotopic (exact) mass is 373 g/mol. The molecule has 3 aromatic rings. The first-order valence-electron chi connectivity index (χ1n) is 7.92. The highest BCUT2D eigenvalue weighted by molar-refractivity contribution is 6.42. The molecule has 0 fully saturated rings. The van der Waals surface area contributed by atoms with Crippen LogP contribution in [0.25, 0.3) is 11.3 Å². The predicted molar refractivity (Wildman–Crippen MR) is 101 cm³/mol. The van der Waals surface area contributed by atoms with Gasteiger partial charge in [0.15, 0.2) is 0 Å². The van der Waals surface area contributed by atoms with Gasteiger partial charge >= 0.3 is 0 Å². The summed E-state index contributed by atoms with van der Waals surface area (Å²) in [5.74, 6) is 1.01. The molecule has 1 amide bonds. The molecule has 0 aliphatic carbocycles. The lowest BCUT2D eigenvalue weighted by Gasteiger charge is -2.04. The molecule has 3 rings (SSSR count). The number of hydrogen-bond acceptors (Lipinski definition) is 2. The van der Waals surface area contributed by atoms with E-state index < -0.39 is 0 Å². The van der Waals surface area contributed by atoms with Gasteiger partial charge in [-0.3, -0.25) is 4.79 Å². The molecule has 25 heavy (non-hydrogen) atoms. The molecule has 0 aliphatic heterocycles.